The van der Waals surface area contributed by atoms with Crippen molar-refractivity contribution < 1.29 is 9.21 Å². The lowest BCUT2D eigenvalue weighted by molar-refractivity contribution is -0.122. The SMILES string of the molecule is CC(C)CN1C(=O)/C(=C/c2ccc(-c3cccc(Cl)c3)o2)SC1=Nc1ccc(Cl)cc1. The van der Waals surface area contributed by atoms with Crippen molar-refractivity contribution in [3.05, 3.63) is 81.4 Å². The first-order chi connectivity index (χ1) is 14.9. The molecule has 1 aliphatic rings. The zero-order valence-corrected chi connectivity index (χ0v) is 19.3. The molecular formula is C24H20Cl2N2O2S. The number of carbonyl (C=O) groups excluding carboxylic acids is 1. The number of hydrogen-bond donors (Lipinski definition) is 0. The molecule has 2 heterocycles. The highest BCUT2D eigenvalue weighted by atomic mass is 35.5. The van der Waals surface area contributed by atoms with Gasteiger partial charge in [-0.2, -0.15) is 0 Å². The Morgan fingerprint density at radius 3 is 2.55 bits per heavy atom. The average molecular weight is 471 g/mol. The molecule has 0 spiro atoms. The number of halogens is 2. The minimum Gasteiger partial charge on any atom is -0.457 e. The summed E-state index contributed by atoms with van der Waals surface area (Å²) in [5.74, 6) is 1.52. The number of thioether (sulfide) groups is 1. The largest absolute Gasteiger partial charge is 0.457 e. The first-order valence-electron chi connectivity index (χ1n) is 9.80. The first kappa shape index (κ1) is 21.8. The zero-order chi connectivity index (χ0) is 22.0. The molecule has 0 radical (unpaired) electrons. The molecular weight excluding hydrogens is 451 g/mol. The van der Waals surface area contributed by atoms with E-state index in [9.17, 15) is 4.79 Å². The number of amidine groups is 1. The maximum Gasteiger partial charge on any atom is 0.266 e. The molecule has 7 heteroatoms. The molecule has 1 aliphatic heterocycles. The van der Waals surface area contributed by atoms with E-state index in [1.54, 1.807) is 23.1 Å². The summed E-state index contributed by atoms with van der Waals surface area (Å²) in [4.78, 5) is 20.1. The van der Waals surface area contributed by atoms with E-state index in [-0.39, 0.29) is 5.91 Å². The summed E-state index contributed by atoms with van der Waals surface area (Å²) >= 11 is 13.4. The Bertz CT molecular complexity index is 1170. The van der Waals surface area contributed by atoms with Crippen LogP contribution < -0.4 is 0 Å². The predicted molar refractivity (Wildman–Crippen MR) is 130 cm³/mol. The number of furan rings is 1. The molecule has 31 heavy (non-hydrogen) atoms. The lowest BCUT2D eigenvalue weighted by Crippen LogP contribution is -2.32. The van der Waals surface area contributed by atoms with Gasteiger partial charge in [-0.25, -0.2) is 4.99 Å². The van der Waals surface area contributed by atoms with Crippen LogP contribution in [0.4, 0.5) is 5.69 Å². The highest BCUT2D eigenvalue weighted by Gasteiger charge is 2.34. The Morgan fingerprint density at radius 2 is 1.84 bits per heavy atom. The molecule has 3 aromatic rings. The Morgan fingerprint density at radius 1 is 1.06 bits per heavy atom. The van der Waals surface area contributed by atoms with E-state index in [1.165, 1.54) is 11.8 Å². The average Bonchev–Trinajstić information content (AvgIpc) is 3.30. The first-order valence-corrected chi connectivity index (χ1v) is 11.4. The van der Waals surface area contributed by atoms with Crippen molar-refractivity contribution in [1.29, 1.82) is 0 Å². The van der Waals surface area contributed by atoms with Crippen LogP contribution in [0.25, 0.3) is 17.4 Å². The number of hydrogen-bond acceptors (Lipinski definition) is 4. The molecule has 0 saturated carbocycles. The molecule has 4 nitrogen and oxygen atoms in total. The van der Waals surface area contributed by atoms with Crippen LogP contribution in [0.3, 0.4) is 0 Å². The maximum atomic E-state index is 13.1. The van der Waals surface area contributed by atoms with Gasteiger partial charge in [0, 0.05) is 28.2 Å². The topological polar surface area (TPSA) is 45.8 Å². The molecule has 1 amide bonds. The lowest BCUT2D eigenvalue weighted by Gasteiger charge is -2.17. The van der Waals surface area contributed by atoms with Gasteiger partial charge in [0.1, 0.15) is 11.5 Å². The highest BCUT2D eigenvalue weighted by molar-refractivity contribution is 8.18. The number of carbonyl (C=O) groups is 1. The number of amides is 1. The summed E-state index contributed by atoms with van der Waals surface area (Å²) in [5, 5.41) is 1.93. The van der Waals surface area contributed by atoms with Crippen LogP contribution in [0, 0.1) is 5.92 Å². The van der Waals surface area contributed by atoms with Crippen LogP contribution in [0.15, 0.2) is 75.0 Å². The Balaban J connectivity index is 1.63. The van der Waals surface area contributed by atoms with Gasteiger partial charge in [-0.05, 0) is 66.2 Å². The van der Waals surface area contributed by atoms with Crippen LogP contribution in [-0.4, -0.2) is 22.5 Å². The van der Waals surface area contributed by atoms with E-state index in [1.807, 2.05) is 48.5 Å². The summed E-state index contributed by atoms with van der Waals surface area (Å²) in [5.41, 5.74) is 1.63. The molecule has 0 bridgehead atoms. The van der Waals surface area contributed by atoms with Crippen LogP contribution in [0.2, 0.25) is 10.0 Å². The van der Waals surface area contributed by atoms with Gasteiger partial charge in [-0.1, -0.05) is 49.2 Å². The molecule has 2 aromatic carbocycles. The van der Waals surface area contributed by atoms with Crippen molar-refractivity contribution in [2.75, 3.05) is 6.54 Å². The van der Waals surface area contributed by atoms with Crippen LogP contribution >= 0.6 is 35.0 Å². The second-order valence-electron chi connectivity index (χ2n) is 7.50. The number of aliphatic imine (C=N–C) groups is 1. The van der Waals surface area contributed by atoms with Gasteiger partial charge in [0.2, 0.25) is 0 Å². The minimum atomic E-state index is -0.0767. The summed E-state index contributed by atoms with van der Waals surface area (Å²) in [6.07, 6.45) is 1.76. The van der Waals surface area contributed by atoms with E-state index >= 15 is 0 Å². The fourth-order valence-electron chi connectivity index (χ4n) is 3.10. The molecule has 0 atom stereocenters. The summed E-state index contributed by atoms with van der Waals surface area (Å²) in [6.45, 7) is 4.73. The second kappa shape index (κ2) is 9.35. The maximum absolute atomic E-state index is 13.1. The monoisotopic (exact) mass is 470 g/mol. The smallest absolute Gasteiger partial charge is 0.266 e. The third-order valence-electron chi connectivity index (χ3n) is 4.50. The van der Waals surface area contributed by atoms with E-state index in [0.29, 0.717) is 44.1 Å². The quantitative estimate of drug-likeness (QED) is 0.362. The third-order valence-corrected chi connectivity index (χ3v) is 5.99. The van der Waals surface area contributed by atoms with Crippen molar-refractivity contribution in [3.63, 3.8) is 0 Å². The van der Waals surface area contributed by atoms with E-state index in [2.05, 4.69) is 18.8 Å². The van der Waals surface area contributed by atoms with Crippen molar-refractivity contribution in [2.24, 2.45) is 10.9 Å². The molecule has 1 fully saturated rings. The van der Waals surface area contributed by atoms with Crippen molar-refractivity contribution in [2.45, 2.75) is 13.8 Å². The summed E-state index contributed by atoms with van der Waals surface area (Å²) in [6, 6.07) is 18.4. The molecule has 1 aromatic heterocycles. The molecule has 0 N–H and O–H groups in total. The van der Waals surface area contributed by atoms with Crippen molar-refractivity contribution >= 4 is 57.8 Å². The van der Waals surface area contributed by atoms with Crippen LogP contribution in [-0.2, 0) is 4.79 Å². The zero-order valence-electron chi connectivity index (χ0n) is 17.0. The molecule has 0 aliphatic carbocycles. The molecule has 1 saturated heterocycles. The molecule has 4 rings (SSSR count). The van der Waals surface area contributed by atoms with E-state index in [4.69, 9.17) is 27.6 Å². The van der Waals surface area contributed by atoms with Gasteiger partial charge in [-0.3, -0.25) is 9.69 Å². The summed E-state index contributed by atoms with van der Waals surface area (Å²) < 4.78 is 5.94. The van der Waals surface area contributed by atoms with Gasteiger partial charge in [0.15, 0.2) is 5.17 Å². The van der Waals surface area contributed by atoms with Gasteiger partial charge in [-0.15, -0.1) is 0 Å². The normalized spacial score (nSPS) is 16.8. The number of rotatable bonds is 5. The summed E-state index contributed by atoms with van der Waals surface area (Å²) in [7, 11) is 0. The van der Waals surface area contributed by atoms with Crippen LogP contribution in [0.1, 0.15) is 19.6 Å². The van der Waals surface area contributed by atoms with Crippen LogP contribution in [0.5, 0.6) is 0 Å². The molecule has 158 valence electrons. The Labute approximate surface area is 195 Å². The minimum absolute atomic E-state index is 0.0767. The highest BCUT2D eigenvalue weighted by Crippen LogP contribution is 2.35. The van der Waals surface area contributed by atoms with Gasteiger partial charge < -0.3 is 4.42 Å². The van der Waals surface area contributed by atoms with Gasteiger partial charge >= 0.3 is 0 Å². The van der Waals surface area contributed by atoms with Crippen molar-refractivity contribution in [3.8, 4) is 11.3 Å². The van der Waals surface area contributed by atoms with Gasteiger partial charge in [0.25, 0.3) is 5.91 Å². The second-order valence-corrected chi connectivity index (χ2v) is 9.39. The third kappa shape index (κ3) is 5.24. The standard InChI is InChI=1S/C24H20Cl2N2O2S/c1-15(2)14-28-23(29)22(31-24(28)27-19-8-6-17(25)7-9-19)13-20-10-11-21(30-20)16-4-3-5-18(26)12-16/h3-13,15H,14H2,1-2H3/b22-13-,27-24?. The Hall–Kier alpha value is -2.47. The number of benzene rings is 2. The molecule has 0 unspecified atom stereocenters. The van der Waals surface area contributed by atoms with Crippen molar-refractivity contribution in [1.82, 2.24) is 4.90 Å². The fourth-order valence-corrected chi connectivity index (χ4v) is 4.40. The Kier molecular flexibility index (Phi) is 6.56. The van der Waals surface area contributed by atoms with E-state index in [0.717, 1.165) is 11.3 Å². The lowest BCUT2D eigenvalue weighted by atomic mass is 10.2. The number of nitrogens with zero attached hydrogens (tertiary/aromatic N) is 2. The fraction of sp³-hybridized carbons (Fsp3) is 0.167. The van der Waals surface area contributed by atoms with Gasteiger partial charge in [0.05, 0.1) is 10.6 Å². The predicted octanol–water partition coefficient (Wildman–Crippen LogP) is 7.51. The van der Waals surface area contributed by atoms with E-state index < -0.39 is 0 Å².